The topological polar surface area (TPSA) is 33.2 Å². The number of aromatic nitrogens is 1. The molecule has 0 N–H and O–H groups in total. The first kappa shape index (κ1) is 11.7. The summed E-state index contributed by atoms with van der Waals surface area (Å²) in [5.41, 5.74) is 1.94. The highest BCUT2D eigenvalue weighted by molar-refractivity contribution is 9.09. The van der Waals surface area contributed by atoms with Gasteiger partial charge in [-0.3, -0.25) is 9.78 Å². The van der Waals surface area contributed by atoms with Crippen LogP contribution in [0.15, 0.2) is 36.5 Å². The zero-order valence-corrected chi connectivity index (χ0v) is 11.4. The minimum absolute atomic E-state index is 0.211. The highest BCUT2D eigenvalue weighted by atomic mass is 79.9. The Kier molecular flexibility index (Phi) is 3.04. The second-order valence-electron chi connectivity index (χ2n) is 4.61. The fourth-order valence-corrected chi connectivity index (χ4v) is 2.80. The molecule has 0 saturated carbocycles. The summed E-state index contributed by atoms with van der Waals surface area (Å²) in [5, 5.41) is 1.95. The number of carbonyl (C=O) groups excluding carboxylic acids is 1. The molecular weight excluding hydrogens is 292 g/mol. The van der Waals surface area contributed by atoms with Crippen molar-refractivity contribution < 1.29 is 4.79 Å². The molecule has 1 atom stereocenters. The molecule has 18 heavy (non-hydrogen) atoms. The minimum Gasteiger partial charge on any atom is -0.312 e. The van der Waals surface area contributed by atoms with Crippen LogP contribution in [0.25, 0.3) is 10.9 Å². The Balaban J connectivity index is 1.97. The van der Waals surface area contributed by atoms with Crippen LogP contribution in [-0.4, -0.2) is 22.8 Å². The van der Waals surface area contributed by atoms with E-state index in [2.05, 4.69) is 20.9 Å². The average molecular weight is 305 g/mol. The lowest BCUT2D eigenvalue weighted by Crippen LogP contribution is -2.24. The van der Waals surface area contributed by atoms with Gasteiger partial charge in [0.15, 0.2) is 0 Å². The summed E-state index contributed by atoms with van der Waals surface area (Å²) in [6.07, 6.45) is 2.42. The number of fused-ring (bicyclic) bond motifs is 1. The third kappa shape index (κ3) is 2.01. The molecule has 3 nitrogen and oxygen atoms in total. The van der Waals surface area contributed by atoms with Gasteiger partial charge in [-0.2, -0.15) is 0 Å². The number of hydrogen-bond donors (Lipinski definition) is 0. The van der Waals surface area contributed by atoms with Gasteiger partial charge in [0.05, 0.1) is 5.52 Å². The number of alkyl halides is 1. The molecule has 1 saturated heterocycles. The van der Waals surface area contributed by atoms with E-state index in [9.17, 15) is 4.79 Å². The minimum atomic E-state index is 0.211. The number of amides is 1. The molecule has 3 rings (SSSR count). The Bertz CT molecular complexity index is 599. The van der Waals surface area contributed by atoms with Crippen molar-refractivity contribution in [1.82, 2.24) is 4.98 Å². The number of benzene rings is 1. The number of pyridine rings is 1. The Labute approximate surface area is 114 Å². The summed E-state index contributed by atoms with van der Waals surface area (Å²) in [6.45, 7) is 0.801. The molecule has 4 heteroatoms. The van der Waals surface area contributed by atoms with Gasteiger partial charge in [0.25, 0.3) is 0 Å². The van der Waals surface area contributed by atoms with Crippen LogP contribution >= 0.6 is 15.9 Å². The SMILES string of the molecule is O=C1CC(CBr)CN1c1ccc2ncccc2c1. The van der Waals surface area contributed by atoms with Crippen LogP contribution < -0.4 is 4.90 Å². The Morgan fingerprint density at radius 1 is 1.39 bits per heavy atom. The Morgan fingerprint density at radius 3 is 3.06 bits per heavy atom. The predicted octanol–water partition coefficient (Wildman–Crippen LogP) is 2.98. The van der Waals surface area contributed by atoms with Gasteiger partial charge >= 0.3 is 0 Å². The zero-order chi connectivity index (χ0) is 12.5. The summed E-state index contributed by atoms with van der Waals surface area (Å²) in [4.78, 5) is 18.1. The lowest BCUT2D eigenvalue weighted by Gasteiger charge is -2.16. The second-order valence-corrected chi connectivity index (χ2v) is 5.26. The molecule has 2 heterocycles. The van der Waals surface area contributed by atoms with E-state index in [1.54, 1.807) is 6.20 Å². The average Bonchev–Trinajstić information content (AvgIpc) is 2.79. The van der Waals surface area contributed by atoms with Crippen molar-refractivity contribution in [2.45, 2.75) is 6.42 Å². The van der Waals surface area contributed by atoms with Crippen LogP contribution in [0.3, 0.4) is 0 Å². The standard InChI is InChI=1S/C14H13BrN2O/c15-8-10-6-14(18)17(9-10)12-3-4-13-11(7-12)2-1-5-16-13/h1-5,7,10H,6,8-9H2. The van der Waals surface area contributed by atoms with Gasteiger partial charge in [0, 0.05) is 35.6 Å². The van der Waals surface area contributed by atoms with Crippen molar-refractivity contribution in [3.63, 3.8) is 0 Å². The van der Waals surface area contributed by atoms with Crippen LogP contribution in [0.2, 0.25) is 0 Å². The number of rotatable bonds is 2. The normalized spacial score (nSPS) is 19.7. The van der Waals surface area contributed by atoms with E-state index in [4.69, 9.17) is 0 Å². The Morgan fingerprint density at radius 2 is 2.28 bits per heavy atom. The maximum atomic E-state index is 12.0. The third-order valence-electron chi connectivity index (χ3n) is 3.32. The molecule has 1 unspecified atom stereocenters. The van der Waals surface area contributed by atoms with Gasteiger partial charge in [-0.25, -0.2) is 0 Å². The predicted molar refractivity (Wildman–Crippen MR) is 76.0 cm³/mol. The maximum Gasteiger partial charge on any atom is 0.227 e. The fourth-order valence-electron chi connectivity index (χ4n) is 2.37. The molecule has 1 aliphatic rings. The highest BCUT2D eigenvalue weighted by Gasteiger charge is 2.29. The maximum absolute atomic E-state index is 12.0. The molecular formula is C14H13BrN2O. The fraction of sp³-hybridized carbons (Fsp3) is 0.286. The largest absolute Gasteiger partial charge is 0.312 e. The van der Waals surface area contributed by atoms with E-state index in [1.807, 2.05) is 35.2 Å². The van der Waals surface area contributed by atoms with Crippen molar-refractivity contribution in [3.8, 4) is 0 Å². The molecule has 1 aromatic heterocycles. The molecule has 1 aliphatic heterocycles. The van der Waals surface area contributed by atoms with E-state index in [1.165, 1.54) is 0 Å². The summed E-state index contributed by atoms with van der Waals surface area (Å²) >= 11 is 3.45. The Hall–Kier alpha value is -1.42. The lowest BCUT2D eigenvalue weighted by molar-refractivity contribution is -0.117. The molecule has 1 fully saturated rings. The van der Waals surface area contributed by atoms with Crippen molar-refractivity contribution in [2.24, 2.45) is 5.92 Å². The number of anilines is 1. The highest BCUT2D eigenvalue weighted by Crippen LogP contribution is 2.28. The molecule has 1 aromatic carbocycles. The smallest absolute Gasteiger partial charge is 0.227 e. The molecule has 92 valence electrons. The van der Waals surface area contributed by atoms with Crippen molar-refractivity contribution in [2.75, 3.05) is 16.8 Å². The van der Waals surface area contributed by atoms with Crippen molar-refractivity contribution >= 4 is 38.4 Å². The monoisotopic (exact) mass is 304 g/mol. The molecule has 0 aliphatic carbocycles. The first-order chi connectivity index (χ1) is 8.78. The van der Waals surface area contributed by atoms with E-state index >= 15 is 0 Å². The number of hydrogen-bond acceptors (Lipinski definition) is 2. The summed E-state index contributed by atoms with van der Waals surface area (Å²) in [7, 11) is 0. The molecule has 0 radical (unpaired) electrons. The lowest BCUT2D eigenvalue weighted by atomic mass is 10.1. The number of carbonyl (C=O) groups is 1. The number of halogens is 1. The summed E-state index contributed by atoms with van der Waals surface area (Å²) in [5.74, 6) is 0.629. The van der Waals surface area contributed by atoms with Gasteiger partial charge in [0.1, 0.15) is 0 Å². The molecule has 2 aromatic rings. The van der Waals surface area contributed by atoms with Gasteiger partial charge in [0.2, 0.25) is 5.91 Å². The second kappa shape index (κ2) is 4.69. The summed E-state index contributed by atoms with van der Waals surface area (Å²) < 4.78 is 0. The van der Waals surface area contributed by atoms with E-state index in [0.717, 1.165) is 28.5 Å². The quantitative estimate of drug-likeness (QED) is 0.799. The first-order valence-corrected chi connectivity index (χ1v) is 7.11. The first-order valence-electron chi connectivity index (χ1n) is 5.99. The van der Waals surface area contributed by atoms with Crippen molar-refractivity contribution in [1.29, 1.82) is 0 Å². The van der Waals surface area contributed by atoms with Crippen LogP contribution in [0, 0.1) is 5.92 Å². The van der Waals surface area contributed by atoms with E-state index < -0.39 is 0 Å². The van der Waals surface area contributed by atoms with E-state index in [-0.39, 0.29) is 5.91 Å². The van der Waals surface area contributed by atoms with Crippen LogP contribution in [0.4, 0.5) is 5.69 Å². The molecule has 0 bridgehead atoms. The van der Waals surface area contributed by atoms with Gasteiger partial charge in [-0.05, 0) is 30.2 Å². The van der Waals surface area contributed by atoms with Crippen LogP contribution in [0.5, 0.6) is 0 Å². The van der Waals surface area contributed by atoms with Gasteiger partial charge in [-0.15, -0.1) is 0 Å². The number of nitrogens with zero attached hydrogens (tertiary/aromatic N) is 2. The van der Waals surface area contributed by atoms with Crippen LogP contribution in [0.1, 0.15) is 6.42 Å². The summed E-state index contributed by atoms with van der Waals surface area (Å²) in [6, 6.07) is 9.92. The molecule has 1 amide bonds. The third-order valence-corrected chi connectivity index (χ3v) is 4.24. The van der Waals surface area contributed by atoms with Crippen molar-refractivity contribution in [3.05, 3.63) is 36.5 Å². The zero-order valence-electron chi connectivity index (χ0n) is 9.84. The van der Waals surface area contributed by atoms with E-state index in [0.29, 0.717) is 12.3 Å². The van der Waals surface area contributed by atoms with Gasteiger partial charge < -0.3 is 4.90 Å². The van der Waals surface area contributed by atoms with Crippen LogP contribution in [-0.2, 0) is 4.79 Å². The van der Waals surface area contributed by atoms with Gasteiger partial charge in [-0.1, -0.05) is 22.0 Å². The molecule has 0 spiro atoms.